The van der Waals surface area contributed by atoms with E-state index in [9.17, 15) is 24.5 Å². The zero-order chi connectivity index (χ0) is 25.8. The van der Waals surface area contributed by atoms with Crippen LogP contribution in [-0.4, -0.2) is 39.1 Å². The molecule has 3 amide bonds. The van der Waals surface area contributed by atoms with Gasteiger partial charge in [-0.25, -0.2) is 9.69 Å². The Labute approximate surface area is 203 Å². The first-order chi connectivity index (χ1) is 16.7. The number of rotatable bonds is 10. The van der Waals surface area contributed by atoms with Gasteiger partial charge in [-0.3, -0.25) is 19.7 Å². The van der Waals surface area contributed by atoms with Crippen LogP contribution in [0.15, 0.2) is 48.5 Å². The number of carboxylic acid groups (broad SMARTS) is 1. The first-order valence-corrected chi connectivity index (χ1v) is 11.5. The molecule has 1 heterocycles. The van der Waals surface area contributed by atoms with Gasteiger partial charge in [-0.1, -0.05) is 57.2 Å². The van der Waals surface area contributed by atoms with Crippen molar-refractivity contribution in [2.24, 2.45) is 5.41 Å². The smallest absolute Gasteiger partial charge is 0.327 e. The third-order valence-electron chi connectivity index (χ3n) is 6.55. The SMILES string of the molecule is CC[C@@H](NC(=O)N1C(=O)C(CC)(CC)[C@H]1Oc1ccc(CC(=O)O)cc1[N+](=O)[O-])c1ccccc1. The van der Waals surface area contributed by atoms with Crippen LogP contribution < -0.4 is 10.1 Å². The number of hydrogen-bond acceptors (Lipinski definition) is 6. The molecule has 1 aliphatic rings. The van der Waals surface area contributed by atoms with Crippen molar-refractivity contribution < 1.29 is 29.2 Å². The fraction of sp³-hybridized carbons (Fsp3) is 0.400. The Balaban J connectivity index is 1.91. The van der Waals surface area contributed by atoms with Crippen molar-refractivity contribution in [1.82, 2.24) is 10.2 Å². The lowest BCUT2D eigenvalue weighted by molar-refractivity contribution is -0.386. The molecule has 0 bridgehead atoms. The van der Waals surface area contributed by atoms with Crippen LogP contribution in [0, 0.1) is 15.5 Å². The minimum absolute atomic E-state index is 0.138. The highest BCUT2D eigenvalue weighted by atomic mass is 16.6. The molecule has 10 nitrogen and oxygen atoms in total. The molecule has 0 unspecified atom stereocenters. The number of benzene rings is 2. The van der Waals surface area contributed by atoms with Crippen molar-refractivity contribution in [1.29, 1.82) is 0 Å². The number of β-lactam (4-membered cyclic amide) rings is 1. The van der Waals surface area contributed by atoms with E-state index in [1.165, 1.54) is 12.1 Å². The molecule has 10 heteroatoms. The number of aliphatic carboxylic acids is 1. The lowest BCUT2D eigenvalue weighted by Gasteiger charge is -2.53. The topological polar surface area (TPSA) is 139 Å². The van der Waals surface area contributed by atoms with Crippen molar-refractivity contribution >= 4 is 23.6 Å². The number of likely N-dealkylation sites (tertiary alicyclic amines) is 1. The van der Waals surface area contributed by atoms with Crippen molar-refractivity contribution in [2.45, 2.75) is 58.7 Å². The van der Waals surface area contributed by atoms with Gasteiger partial charge in [0.15, 0.2) is 12.0 Å². The van der Waals surface area contributed by atoms with Crippen molar-refractivity contribution in [3.8, 4) is 5.75 Å². The Kier molecular flexibility index (Phi) is 7.73. The highest BCUT2D eigenvalue weighted by molar-refractivity contribution is 6.03. The van der Waals surface area contributed by atoms with Crippen LogP contribution in [0.5, 0.6) is 5.75 Å². The maximum absolute atomic E-state index is 13.2. The summed E-state index contributed by atoms with van der Waals surface area (Å²) in [5.41, 5.74) is -0.322. The molecular weight excluding hydrogens is 454 g/mol. The number of carbonyl (C=O) groups excluding carboxylic acids is 2. The number of amides is 3. The quantitative estimate of drug-likeness (QED) is 0.289. The van der Waals surface area contributed by atoms with E-state index >= 15 is 0 Å². The molecule has 1 saturated heterocycles. The number of nitro groups is 1. The van der Waals surface area contributed by atoms with Gasteiger partial charge < -0.3 is 15.2 Å². The molecule has 1 fully saturated rings. The summed E-state index contributed by atoms with van der Waals surface area (Å²) in [4.78, 5) is 49.4. The molecule has 0 radical (unpaired) electrons. The van der Waals surface area contributed by atoms with E-state index in [1.54, 1.807) is 13.8 Å². The van der Waals surface area contributed by atoms with Gasteiger partial charge >= 0.3 is 17.7 Å². The Morgan fingerprint density at radius 3 is 2.37 bits per heavy atom. The van der Waals surface area contributed by atoms with Gasteiger partial charge in [0.2, 0.25) is 5.91 Å². The number of nitrogens with one attached hydrogen (secondary N) is 1. The van der Waals surface area contributed by atoms with Crippen LogP contribution in [0.1, 0.15) is 57.2 Å². The summed E-state index contributed by atoms with van der Waals surface area (Å²) in [5, 5.41) is 23.6. The van der Waals surface area contributed by atoms with E-state index in [1.807, 2.05) is 37.3 Å². The zero-order valence-electron chi connectivity index (χ0n) is 19.9. The fourth-order valence-electron chi connectivity index (χ4n) is 4.43. The van der Waals surface area contributed by atoms with Crippen LogP contribution in [0.2, 0.25) is 0 Å². The van der Waals surface area contributed by atoms with Crippen molar-refractivity contribution in [2.75, 3.05) is 0 Å². The second kappa shape index (κ2) is 10.5. The average molecular weight is 484 g/mol. The van der Waals surface area contributed by atoms with Crippen LogP contribution in [0.25, 0.3) is 0 Å². The molecular formula is C25H29N3O7. The minimum atomic E-state index is -1.12. The van der Waals surface area contributed by atoms with E-state index in [0.29, 0.717) is 19.3 Å². The van der Waals surface area contributed by atoms with Gasteiger partial charge in [-0.15, -0.1) is 0 Å². The summed E-state index contributed by atoms with van der Waals surface area (Å²) in [6.45, 7) is 5.51. The summed E-state index contributed by atoms with van der Waals surface area (Å²) in [6, 6.07) is 12.2. The predicted molar refractivity (Wildman–Crippen MR) is 127 cm³/mol. The minimum Gasteiger partial charge on any atom is -0.481 e. The van der Waals surface area contributed by atoms with Gasteiger partial charge in [0.1, 0.15) is 5.41 Å². The molecule has 2 atom stereocenters. The first-order valence-electron chi connectivity index (χ1n) is 11.5. The third-order valence-corrected chi connectivity index (χ3v) is 6.55. The first kappa shape index (κ1) is 25.7. The molecule has 3 rings (SSSR count). The third kappa shape index (κ3) is 4.96. The van der Waals surface area contributed by atoms with Crippen molar-refractivity contribution in [3.05, 3.63) is 69.8 Å². The van der Waals surface area contributed by atoms with E-state index in [-0.39, 0.29) is 23.8 Å². The van der Waals surface area contributed by atoms with E-state index in [2.05, 4.69) is 5.32 Å². The number of nitro benzene ring substituents is 1. The van der Waals surface area contributed by atoms with Crippen LogP contribution >= 0.6 is 0 Å². The Hall–Kier alpha value is -3.95. The number of carbonyl (C=O) groups is 3. The average Bonchev–Trinajstić information content (AvgIpc) is 2.84. The Bertz CT molecular complexity index is 1120. The van der Waals surface area contributed by atoms with E-state index < -0.39 is 40.2 Å². The maximum Gasteiger partial charge on any atom is 0.327 e. The van der Waals surface area contributed by atoms with Crippen molar-refractivity contribution in [3.63, 3.8) is 0 Å². The van der Waals surface area contributed by atoms with Crippen LogP contribution in [0.4, 0.5) is 10.5 Å². The lowest BCUT2D eigenvalue weighted by atomic mass is 9.72. The second-order valence-corrected chi connectivity index (χ2v) is 8.46. The van der Waals surface area contributed by atoms with Gasteiger partial charge in [0, 0.05) is 6.07 Å². The fourth-order valence-corrected chi connectivity index (χ4v) is 4.43. The molecule has 0 aliphatic carbocycles. The molecule has 35 heavy (non-hydrogen) atoms. The molecule has 2 aromatic carbocycles. The number of nitrogens with zero attached hydrogens (tertiary/aromatic N) is 2. The Morgan fingerprint density at radius 1 is 1.17 bits per heavy atom. The molecule has 2 aromatic rings. The largest absolute Gasteiger partial charge is 0.481 e. The zero-order valence-corrected chi connectivity index (χ0v) is 19.9. The van der Waals surface area contributed by atoms with Crippen LogP contribution in [0.3, 0.4) is 0 Å². The summed E-state index contributed by atoms with van der Waals surface area (Å²) in [7, 11) is 0. The molecule has 0 aromatic heterocycles. The summed E-state index contributed by atoms with van der Waals surface area (Å²) < 4.78 is 5.98. The highest BCUT2D eigenvalue weighted by Gasteiger charge is 2.63. The van der Waals surface area contributed by atoms with E-state index in [4.69, 9.17) is 9.84 Å². The van der Waals surface area contributed by atoms with E-state index in [0.717, 1.165) is 16.5 Å². The second-order valence-electron chi connectivity index (χ2n) is 8.46. The Morgan fingerprint density at radius 2 is 1.83 bits per heavy atom. The standard InChI is InChI=1S/C25H29N3O7/c1-4-18(17-10-8-7-9-11-17)26-24(32)27-22(31)25(5-2,6-3)23(27)35-20-13-12-16(15-21(29)30)14-19(20)28(33)34/h7-14,18,23H,4-6,15H2,1-3H3,(H,26,32)(H,29,30)/t18-,23-/m1/s1. The molecule has 0 saturated carbocycles. The van der Waals surface area contributed by atoms with Gasteiger partial charge in [0.25, 0.3) is 0 Å². The predicted octanol–water partition coefficient (Wildman–Crippen LogP) is 4.44. The van der Waals surface area contributed by atoms with Gasteiger partial charge in [0.05, 0.1) is 17.4 Å². The molecule has 0 spiro atoms. The lowest BCUT2D eigenvalue weighted by Crippen LogP contribution is -2.73. The number of ether oxygens (including phenoxy) is 1. The number of carboxylic acids is 1. The monoisotopic (exact) mass is 483 g/mol. The molecule has 1 aliphatic heterocycles. The number of urea groups is 1. The van der Waals surface area contributed by atoms with Gasteiger partial charge in [-0.05, 0) is 36.5 Å². The summed E-state index contributed by atoms with van der Waals surface area (Å²) >= 11 is 0. The number of hydrogen-bond donors (Lipinski definition) is 2. The molecule has 2 N–H and O–H groups in total. The summed E-state index contributed by atoms with van der Waals surface area (Å²) in [6.07, 6.45) is -0.104. The maximum atomic E-state index is 13.2. The highest BCUT2D eigenvalue weighted by Crippen LogP contribution is 2.47. The molecule has 186 valence electrons. The number of imide groups is 1. The normalized spacial score (nSPS) is 17.3. The van der Waals surface area contributed by atoms with Crippen LogP contribution in [-0.2, 0) is 16.0 Å². The summed E-state index contributed by atoms with van der Waals surface area (Å²) in [5.74, 6) is -1.67. The van der Waals surface area contributed by atoms with Gasteiger partial charge in [-0.2, -0.15) is 0 Å².